The van der Waals surface area contributed by atoms with Gasteiger partial charge in [-0.05, 0) is 18.2 Å². The molecule has 1 saturated heterocycles. The first-order chi connectivity index (χ1) is 9.11. The van der Waals surface area contributed by atoms with Crippen LogP contribution in [-0.4, -0.2) is 36.1 Å². The Morgan fingerprint density at radius 2 is 2.00 bits per heavy atom. The number of rotatable bonds is 5. The lowest BCUT2D eigenvalue weighted by atomic mass is 10.3. The second-order valence-electron chi connectivity index (χ2n) is 4.19. The number of thioether (sulfide) groups is 1. The van der Waals surface area contributed by atoms with E-state index >= 15 is 0 Å². The van der Waals surface area contributed by atoms with E-state index in [1.54, 1.807) is 19.2 Å². The molecule has 1 aliphatic rings. The van der Waals surface area contributed by atoms with Crippen LogP contribution in [0.4, 0.5) is 5.69 Å². The van der Waals surface area contributed by atoms with Gasteiger partial charge in [-0.15, -0.1) is 11.8 Å². The molecule has 1 aromatic carbocycles. The number of carbonyl (C=O) groups excluding carboxylic acids is 2. The number of nitrogens with two attached hydrogens (primary N) is 1. The summed E-state index contributed by atoms with van der Waals surface area (Å²) in [6.45, 7) is 0.430. The number of nitrogens with zero attached hydrogens (tertiary/aromatic N) is 1. The molecule has 6 heteroatoms. The van der Waals surface area contributed by atoms with Crippen molar-refractivity contribution in [2.45, 2.75) is 17.7 Å². The maximum Gasteiger partial charge on any atom is 0.229 e. The predicted octanol–water partition coefficient (Wildman–Crippen LogP) is 1.52. The summed E-state index contributed by atoms with van der Waals surface area (Å²) in [7, 11) is 1.60. The van der Waals surface area contributed by atoms with Crippen LogP contribution in [0, 0.1) is 0 Å². The van der Waals surface area contributed by atoms with E-state index in [2.05, 4.69) is 0 Å². The molecule has 1 heterocycles. The monoisotopic (exact) mass is 280 g/mol. The smallest absolute Gasteiger partial charge is 0.229 e. The van der Waals surface area contributed by atoms with E-state index in [4.69, 9.17) is 10.5 Å². The molecule has 1 aliphatic heterocycles. The average molecular weight is 280 g/mol. The van der Waals surface area contributed by atoms with Crippen LogP contribution in [0.2, 0.25) is 0 Å². The van der Waals surface area contributed by atoms with Gasteiger partial charge >= 0.3 is 0 Å². The Kier molecular flexibility index (Phi) is 4.31. The van der Waals surface area contributed by atoms with E-state index in [1.807, 2.05) is 6.07 Å². The third-order valence-corrected chi connectivity index (χ3v) is 4.00. The van der Waals surface area contributed by atoms with E-state index in [0.29, 0.717) is 30.8 Å². The van der Waals surface area contributed by atoms with Crippen LogP contribution in [0.15, 0.2) is 23.1 Å². The van der Waals surface area contributed by atoms with Crippen molar-refractivity contribution >= 4 is 29.3 Å². The molecule has 0 bridgehead atoms. The first-order valence-electron chi connectivity index (χ1n) is 6.01. The summed E-state index contributed by atoms with van der Waals surface area (Å²) in [5.41, 5.74) is 6.54. The van der Waals surface area contributed by atoms with Gasteiger partial charge in [0.25, 0.3) is 0 Å². The molecule has 2 amide bonds. The maximum absolute atomic E-state index is 11.4. The number of benzene rings is 1. The van der Waals surface area contributed by atoms with Gasteiger partial charge < -0.3 is 10.5 Å². The summed E-state index contributed by atoms with van der Waals surface area (Å²) in [5.74, 6) is 1.22. The number of hydrogen-bond donors (Lipinski definition) is 1. The Morgan fingerprint density at radius 1 is 1.32 bits per heavy atom. The molecule has 0 spiro atoms. The highest BCUT2D eigenvalue weighted by Gasteiger charge is 2.28. The number of carbonyl (C=O) groups is 2. The zero-order chi connectivity index (χ0) is 13.8. The molecule has 2 N–H and O–H groups in total. The van der Waals surface area contributed by atoms with Gasteiger partial charge in [0.05, 0.1) is 7.11 Å². The van der Waals surface area contributed by atoms with Gasteiger partial charge in [-0.2, -0.15) is 0 Å². The van der Waals surface area contributed by atoms with Crippen molar-refractivity contribution in [1.29, 1.82) is 0 Å². The third-order valence-electron chi connectivity index (χ3n) is 2.95. The SMILES string of the molecule is COc1ccc(N)c(SCCN2C(=O)CCC2=O)c1. The standard InChI is InChI=1S/C13H16N2O3S/c1-18-9-2-3-10(14)11(8-9)19-7-6-15-12(16)4-5-13(15)17/h2-3,8H,4-7,14H2,1H3. The Morgan fingerprint density at radius 3 is 2.63 bits per heavy atom. The fourth-order valence-electron chi connectivity index (χ4n) is 1.89. The van der Waals surface area contributed by atoms with Gasteiger partial charge in [0, 0.05) is 35.7 Å². The highest BCUT2D eigenvalue weighted by molar-refractivity contribution is 7.99. The molecule has 0 atom stereocenters. The number of amides is 2. The van der Waals surface area contributed by atoms with Gasteiger partial charge in [0.1, 0.15) is 5.75 Å². The number of methoxy groups -OCH3 is 1. The number of likely N-dealkylation sites (tertiary alicyclic amines) is 1. The second kappa shape index (κ2) is 5.97. The minimum atomic E-state index is -0.0794. The van der Waals surface area contributed by atoms with E-state index in [-0.39, 0.29) is 11.8 Å². The van der Waals surface area contributed by atoms with Crippen LogP contribution in [0.25, 0.3) is 0 Å². The van der Waals surface area contributed by atoms with Crippen molar-refractivity contribution < 1.29 is 14.3 Å². The molecular weight excluding hydrogens is 264 g/mol. The molecular formula is C13H16N2O3S. The van der Waals surface area contributed by atoms with Gasteiger partial charge in [0.15, 0.2) is 0 Å². The average Bonchev–Trinajstić information content (AvgIpc) is 2.72. The van der Waals surface area contributed by atoms with Gasteiger partial charge in [0.2, 0.25) is 11.8 Å². The summed E-state index contributed by atoms with van der Waals surface area (Å²) in [4.78, 5) is 25.1. The molecule has 19 heavy (non-hydrogen) atoms. The summed E-state index contributed by atoms with van der Waals surface area (Å²) in [5, 5.41) is 0. The number of imide groups is 1. The van der Waals surface area contributed by atoms with E-state index in [1.165, 1.54) is 16.7 Å². The van der Waals surface area contributed by atoms with Crippen LogP contribution in [0.5, 0.6) is 5.75 Å². The third kappa shape index (κ3) is 3.20. The van der Waals surface area contributed by atoms with Gasteiger partial charge in [-0.1, -0.05) is 0 Å². The number of nitrogen functional groups attached to an aromatic ring is 1. The molecule has 1 aromatic rings. The molecule has 0 unspecified atom stereocenters. The molecule has 0 saturated carbocycles. The van der Waals surface area contributed by atoms with E-state index in [0.717, 1.165) is 10.6 Å². The fourth-order valence-corrected chi connectivity index (χ4v) is 2.81. The number of anilines is 1. The van der Waals surface area contributed by atoms with Crippen molar-refractivity contribution in [1.82, 2.24) is 4.90 Å². The Balaban J connectivity index is 1.92. The number of ether oxygens (including phenoxy) is 1. The first kappa shape index (κ1) is 13.7. The Labute approximate surface area is 116 Å². The van der Waals surface area contributed by atoms with Crippen LogP contribution in [-0.2, 0) is 9.59 Å². The zero-order valence-corrected chi connectivity index (χ0v) is 11.5. The van der Waals surface area contributed by atoms with Crippen molar-refractivity contribution in [2.75, 3.05) is 25.1 Å². The largest absolute Gasteiger partial charge is 0.497 e. The van der Waals surface area contributed by atoms with Crippen molar-refractivity contribution in [3.05, 3.63) is 18.2 Å². The lowest BCUT2D eigenvalue weighted by Crippen LogP contribution is -2.31. The summed E-state index contributed by atoms with van der Waals surface area (Å²) in [6.07, 6.45) is 0.676. The van der Waals surface area contributed by atoms with Gasteiger partial charge in [-0.3, -0.25) is 14.5 Å². The van der Waals surface area contributed by atoms with E-state index < -0.39 is 0 Å². The zero-order valence-electron chi connectivity index (χ0n) is 10.7. The number of hydrogen-bond acceptors (Lipinski definition) is 5. The van der Waals surface area contributed by atoms with Crippen LogP contribution in [0.1, 0.15) is 12.8 Å². The normalized spacial score (nSPS) is 15.1. The molecule has 2 rings (SSSR count). The van der Waals surface area contributed by atoms with Crippen LogP contribution in [0.3, 0.4) is 0 Å². The Hall–Kier alpha value is -1.69. The second-order valence-corrected chi connectivity index (χ2v) is 5.33. The summed E-state index contributed by atoms with van der Waals surface area (Å²) < 4.78 is 5.14. The minimum absolute atomic E-state index is 0.0794. The van der Waals surface area contributed by atoms with Crippen LogP contribution < -0.4 is 10.5 Å². The van der Waals surface area contributed by atoms with Crippen molar-refractivity contribution in [3.63, 3.8) is 0 Å². The fraction of sp³-hybridized carbons (Fsp3) is 0.385. The molecule has 1 fully saturated rings. The van der Waals surface area contributed by atoms with Gasteiger partial charge in [-0.25, -0.2) is 0 Å². The first-order valence-corrected chi connectivity index (χ1v) is 7.00. The highest BCUT2D eigenvalue weighted by Crippen LogP contribution is 2.29. The molecule has 0 aliphatic carbocycles. The maximum atomic E-state index is 11.4. The van der Waals surface area contributed by atoms with Crippen molar-refractivity contribution in [3.8, 4) is 5.75 Å². The summed E-state index contributed by atoms with van der Waals surface area (Å²) in [6, 6.07) is 5.44. The predicted molar refractivity (Wildman–Crippen MR) is 74.1 cm³/mol. The minimum Gasteiger partial charge on any atom is -0.497 e. The molecule has 0 radical (unpaired) electrons. The van der Waals surface area contributed by atoms with Crippen molar-refractivity contribution in [2.24, 2.45) is 0 Å². The molecule has 0 aromatic heterocycles. The topological polar surface area (TPSA) is 72.6 Å². The highest BCUT2D eigenvalue weighted by atomic mass is 32.2. The quantitative estimate of drug-likeness (QED) is 0.503. The Bertz CT molecular complexity index is 489. The summed E-state index contributed by atoms with van der Waals surface area (Å²) >= 11 is 1.52. The molecule has 102 valence electrons. The van der Waals surface area contributed by atoms with Crippen LogP contribution >= 0.6 is 11.8 Å². The lowest BCUT2D eigenvalue weighted by Gasteiger charge is -2.14. The van der Waals surface area contributed by atoms with E-state index in [9.17, 15) is 9.59 Å². The lowest BCUT2D eigenvalue weighted by molar-refractivity contribution is -0.137. The molecule has 5 nitrogen and oxygen atoms in total.